The molecule has 5 N–H and O–H groups in total. The molecule has 5 heteroatoms. The first-order valence-corrected chi connectivity index (χ1v) is 7.22. The van der Waals surface area contributed by atoms with Gasteiger partial charge in [-0.3, -0.25) is 0 Å². The van der Waals surface area contributed by atoms with Gasteiger partial charge in [0, 0.05) is 35.7 Å². The molecule has 1 saturated carbocycles. The first-order chi connectivity index (χ1) is 8.51. The van der Waals surface area contributed by atoms with Gasteiger partial charge in [-0.25, -0.2) is 0 Å². The third-order valence-electron chi connectivity index (χ3n) is 3.48. The lowest BCUT2D eigenvalue weighted by molar-refractivity contribution is 0.363. The lowest BCUT2D eigenvalue weighted by atomic mass is 9.90. The summed E-state index contributed by atoms with van der Waals surface area (Å²) in [7, 11) is 0. The highest BCUT2D eigenvalue weighted by Crippen LogP contribution is 2.25. The van der Waals surface area contributed by atoms with E-state index in [4.69, 9.17) is 16.6 Å². The molecule has 0 aliphatic heterocycles. The van der Waals surface area contributed by atoms with Gasteiger partial charge in [-0.05, 0) is 54.4 Å². The standard InChI is InChI=1S/C13H21IN4/c1-8(12(7-16)13(14)17)11(6-15)9(2)18-10-4-3-5-10/h6-8,10,15-16,18H,3-5,17H2,1-2H3/b11-9+,13-12+,15-6?,16-7?. The third kappa shape index (κ3) is 3.57. The molecule has 0 heterocycles. The number of nitrogens with two attached hydrogens (primary N) is 1. The Morgan fingerprint density at radius 2 is 1.89 bits per heavy atom. The highest BCUT2D eigenvalue weighted by Gasteiger charge is 2.20. The largest absolute Gasteiger partial charge is 0.394 e. The summed E-state index contributed by atoms with van der Waals surface area (Å²) in [6.45, 7) is 3.98. The summed E-state index contributed by atoms with van der Waals surface area (Å²) in [5, 5.41) is 18.5. The minimum atomic E-state index is -0.0236. The summed E-state index contributed by atoms with van der Waals surface area (Å²) in [6.07, 6.45) is 6.35. The molecule has 0 saturated heterocycles. The zero-order chi connectivity index (χ0) is 13.7. The average molecular weight is 360 g/mol. The summed E-state index contributed by atoms with van der Waals surface area (Å²) >= 11 is 2.02. The molecule has 0 spiro atoms. The molecule has 0 aromatic carbocycles. The van der Waals surface area contributed by atoms with Crippen LogP contribution >= 0.6 is 22.6 Å². The highest BCUT2D eigenvalue weighted by atomic mass is 127. The molecule has 1 atom stereocenters. The van der Waals surface area contributed by atoms with E-state index in [1.807, 2.05) is 36.4 Å². The van der Waals surface area contributed by atoms with Gasteiger partial charge in [-0.15, -0.1) is 0 Å². The zero-order valence-corrected chi connectivity index (χ0v) is 13.0. The molecule has 0 aromatic rings. The van der Waals surface area contributed by atoms with E-state index in [1.165, 1.54) is 31.7 Å². The summed E-state index contributed by atoms with van der Waals surface area (Å²) in [4.78, 5) is 0. The summed E-state index contributed by atoms with van der Waals surface area (Å²) in [5.41, 5.74) is 8.47. The minimum absolute atomic E-state index is 0.0236. The Morgan fingerprint density at radius 1 is 1.33 bits per heavy atom. The van der Waals surface area contributed by atoms with Crippen molar-refractivity contribution in [2.45, 2.75) is 39.2 Å². The molecule has 1 rings (SSSR count). The maximum Gasteiger partial charge on any atom is 0.0759 e. The highest BCUT2D eigenvalue weighted by molar-refractivity contribution is 14.1. The number of halogens is 1. The molecule has 18 heavy (non-hydrogen) atoms. The molecule has 1 aliphatic rings. The molecule has 0 aromatic heterocycles. The van der Waals surface area contributed by atoms with Crippen molar-refractivity contribution in [1.82, 2.24) is 5.32 Å². The van der Waals surface area contributed by atoms with Crippen molar-refractivity contribution in [2.75, 3.05) is 0 Å². The van der Waals surface area contributed by atoms with Crippen molar-refractivity contribution >= 4 is 35.0 Å². The Labute approximate surface area is 122 Å². The summed E-state index contributed by atoms with van der Waals surface area (Å²) < 4.78 is 0.617. The number of rotatable bonds is 6. The fourth-order valence-electron chi connectivity index (χ4n) is 2.07. The predicted molar refractivity (Wildman–Crippen MR) is 85.4 cm³/mol. The maximum absolute atomic E-state index is 7.59. The number of hydrogen-bond donors (Lipinski definition) is 4. The fourth-order valence-corrected chi connectivity index (χ4v) is 2.69. The molecular formula is C13H21IN4. The zero-order valence-electron chi connectivity index (χ0n) is 10.9. The van der Waals surface area contributed by atoms with Gasteiger partial charge in [-0.2, -0.15) is 0 Å². The van der Waals surface area contributed by atoms with E-state index in [2.05, 4.69) is 5.32 Å². The molecule has 1 fully saturated rings. The van der Waals surface area contributed by atoms with Crippen molar-refractivity contribution in [2.24, 2.45) is 11.7 Å². The summed E-state index contributed by atoms with van der Waals surface area (Å²) in [6, 6.07) is 0.552. The molecule has 1 aliphatic carbocycles. The number of allylic oxidation sites excluding steroid dienone is 3. The first-order valence-electron chi connectivity index (χ1n) is 6.14. The average Bonchev–Trinajstić information content (AvgIpc) is 2.25. The van der Waals surface area contributed by atoms with Crippen LogP contribution < -0.4 is 11.1 Å². The Morgan fingerprint density at radius 3 is 2.22 bits per heavy atom. The van der Waals surface area contributed by atoms with E-state index in [0.717, 1.165) is 16.8 Å². The lowest BCUT2D eigenvalue weighted by Gasteiger charge is -2.29. The van der Waals surface area contributed by atoms with E-state index in [9.17, 15) is 0 Å². The second-order valence-electron chi connectivity index (χ2n) is 4.67. The lowest BCUT2D eigenvalue weighted by Crippen LogP contribution is -2.35. The molecule has 0 radical (unpaired) electrons. The number of nitrogens with one attached hydrogen (secondary N) is 3. The Bertz CT molecular complexity index is 390. The van der Waals surface area contributed by atoms with Crippen molar-refractivity contribution in [3.8, 4) is 0 Å². The Balaban J connectivity index is 2.92. The molecule has 4 nitrogen and oxygen atoms in total. The second kappa shape index (κ2) is 6.92. The smallest absolute Gasteiger partial charge is 0.0759 e. The van der Waals surface area contributed by atoms with E-state index in [1.54, 1.807) is 0 Å². The molecule has 0 bridgehead atoms. The topological polar surface area (TPSA) is 85.8 Å². The van der Waals surface area contributed by atoms with Crippen LogP contribution in [-0.2, 0) is 0 Å². The van der Waals surface area contributed by atoms with E-state index in [0.29, 0.717) is 9.75 Å². The molecule has 0 amide bonds. The van der Waals surface area contributed by atoms with Gasteiger partial charge in [0.2, 0.25) is 0 Å². The van der Waals surface area contributed by atoms with E-state index >= 15 is 0 Å². The number of hydrogen-bond acceptors (Lipinski definition) is 4. The SMILES string of the molecule is C/C(NC1CCC1)=C(/C=N)C(C)/C(C=N)=C(/N)I. The van der Waals surface area contributed by atoms with Crippen LogP contribution in [0.3, 0.4) is 0 Å². The van der Waals surface area contributed by atoms with Crippen LogP contribution in [0.2, 0.25) is 0 Å². The van der Waals surface area contributed by atoms with Crippen LogP contribution in [0.5, 0.6) is 0 Å². The summed E-state index contributed by atoms with van der Waals surface area (Å²) in [5.74, 6) is -0.0236. The molecular weight excluding hydrogens is 339 g/mol. The second-order valence-corrected chi connectivity index (χ2v) is 5.83. The van der Waals surface area contributed by atoms with Crippen LogP contribution in [-0.4, -0.2) is 18.5 Å². The van der Waals surface area contributed by atoms with E-state index in [-0.39, 0.29) is 5.92 Å². The van der Waals surface area contributed by atoms with Gasteiger partial charge in [0.1, 0.15) is 0 Å². The van der Waals surface area contributed by atoms with Gasteiger partial charge in [0.25, 0.3) is 0 Å². The van der Waals surface area contributed by atoms with Crippen LogP contribution in [0.15, 0.2) is 20.5 Å². The third-order valence-corrected chi connectivity index (χ3v) is 4.10. The van der Waals surface area contributed by atoms with Crippen molar-refractivity contribution < 1.29 is 0 Å². The maximum atomic E-state index is 7.59. The Hall–Kier alpha value is -0.850. The van der Waals surface area contributed by atoms with Gasteiger partial charge in [0.15, 0.2) is 0 Å². The van der Waals surface area contributed by atoms with Crippen LogP contribution in [0.4, 0.5) is 0 Å². The predicted octanol–water partition coefficient (Wildman–Crippen LogP) is 2.94. The quantitative estimate of drug-likeness (QED) is 0.334. The molecule has 100 valence electrons. The monoisotopic (exact) mass is 360 g/mol. The first kappa shape index (κ1) is 15.2. The van der Waals surface area contributed by atoms with Gasteiger partial charge in [-0.1, -0.05) is 6.92 Å². The molecule has 1 unspecified atom stereocenters. The van der Waals surface area contributed by atoms with E-state index < -0.39 is 0 Å². The van der Waals surface area contributed by atoms with Crippen LogP contribution in [0.25, 0.3) is 0 Å². The van der Waals surface area contributed by atoms with Crippen molar-refractivity contribution in [1.29, 1.82) is 10.8 Å². The van der Waals surface area contributed by atoms with Crippen LogP contribution in [0.1, 0.15) is 33.1 Å². The van der Waals surface area contributed by atoms with Gasteiger partial charge >= 0.3 is 0 Å². The Kier molecular flexibility index (Phi) is 5.84. The van der Waals surface area contributed by atoms with Crippen LogP contribution in [0, 0.1) is 16.7 Å². The minimum Gasteiger partial charge on any atom is -0.394 e. The van der Waals surface area contributed by atoms with Gasteiger partial charge < -0.3 is 21.9 Å². The van der Waals surface area contributed by atoms with Gasteiger partial charge in [0.05, 0.1) is 3.70 Å². The van der Waals surface area contributed by atoms with Crippen molar-refractivity contribution in [3.63, 3.8) is 0 Å². The van der Waals surface area contributed by atoms with Crippen molar-refractivity contribution in [3.05, 3.63) is 20.5 Å². The normalized spacial score (nSPS) is 20.2. The fraction of sp³-hybridized carbons (Fsp3) is 0.538.